The predicted molar refractivity (Wildman–Crippen MR) is 121 cm³/mol. The molecule has 0 aliphatic carbocycles. The molecule has 0 radical (unpaired) electrons. The predicted octanol–water partition coefficient (Wildman–Crippen LogP) is 3.00. The summed E-state index contributed by atoms with van der Waals surface area (Å²) in [5.74, 6) is -0.374. The number of benzene rings is 1. The minimum Gasteiger partial charge on any atom is -0.356 e. The summed E-state index contributed by atoms with van der Waals surface area (Å²) in [7, 11) is -3.66. The highest BCUT2D eigenvalue weighted by Gasteiger charge is 2.29. The lowest BCUT2D eigenvalue weighted by Gasteiger charge is -2.32. The van der Waals surface area contributed by atoms with Crippen molar-refractivity contribution in [3.63, 3.8) is 0 Å². The smallest absolute Gasteiger partial charge is 0.253 e. The lowest BCUT2D eigenvalue weighted by Crippen LogP contribution is -2.45. The summed E-state index contributed by atoms with van der Waals surface area (Å²) in [6.07, 6.45) is 3.51. The standard InChI is InChI=1S/C22H29N3O4S2/c1-2-3-12-23-21(26)18-6-4-13-25(16-18)22(27)17-8-10-20(11-9-17)31(28,29)24-15-19-7-5-14-30-19/h5,7-11,14,18,24H,2-4,6,12-13,15-16H2,1H3,(H,23,26). The molecule has 0 bridgehead atoms. The third-order valence-electron chi connectivity index (χ3n) is 5.34. The second kappa shape index (κ2) is 10.9. The van der Waals surface area contributed by atoms with Crippen LogP contribution in [0.15, 0.2) is 46.7 Å². The van der Waals surface area contributed by atoms with E-state index in [2.05, 4.69) is 17.0 Å². The van der Waals surface area contributed by atoms with E-state index in [1.54, 1.807) is 4.90 Å². The molecule has 1 unspecified atom stereocenters. The Kier molecular flexibility index (Phi) is 8.22. The molecular weight excluding hydrogens is 434 g/mol. The molecule has 9 heteroatoms. The van der Waals surface area contributed by atoms with Crippen molar-refractivity contribution in [1.82, 2.24) is 14.9 Å². The van der Waals surface area contributed by atoms with Crippen LogP contribution in [-0.4, -0.2) is 44.8 Å². The van der Waals surface area contributed by atoms with E-state index < -0.39 is 10.0 Å². The summed E-state index contributed by atoms with van der Waals surface area (Å²) in [4.78, 5) is 28.0. The summed E-state index contributed by atoms with van der Waals surface area (Å²) in [6, 6.07) is 9.70. The first kappa shape index (κ1) is 23.4. The lowest BCUT2D eigenvalue weighted by atomic mass is 9.96. The molecule has 2 N–H and O–H groups in total. The highest BCUT2D eigenvalue weighted by atomic mass is 32.2. The van der Waals surface area contributed by atoms with E-state index in [0.29, 0.717) is 25.2 Å². The normalized spacial score (nSPS) is 16.8. The van der Waals surface area contributed by atoms with Crippen molar-refractivity contribution in [2.75, 3.05) is 19.6 Å². The Morgan fingerprint density at radius 1 is 1.19 bits per heavy atom. The van der Waals surface area contributed by atoms with Gasteiger partial charge in [-0.1, -0.05) is 19.4 Å². The van der Waals surface area contributed by atoms with Crippen LogP contribution in [0.3, 0.4) is 0 Å². The largest absolute Gasteiger partial charge is 0.356 e. The quantitative estimate of drug-likeness (QED) is 0.559. The number of likely N-dealkylation sites (tertiary alicyclic amines) is 1. The molecule has 1 aliphatic rings. The number of hydrogen-bond donors (Lipinski definition) is 2. The monoisotopic (exact) mass is 463 g/mol. The average molecular weight is 464 g/mol. The van der Waals surface area contributed by atoms with E-state index in [0.717, 1.165) is 30.6 Å². The topological polar surface area (TPSA) is 95.6 Å². The fourth-order valence-corrected chi connectivity index (χ4v) is 5.27. The minimum atomic E-state index is -3.66. The number of thiophene rings is 1. The molecule has 2 heterocycles. The first-order chi connectivity index (χ1) is 14.9. The van der Waals surface area contributed by atoms with Crippen molar-refractivity contribution in [2.24, 2.45) is 5.92 Å². The Bertz CT molecular complexity index is 973. The van der Waals surface area contributed by atoms with Crippen LogP contribution in [0.1, 0.15) is 47.8 Å². The molecule has 168 valence electrons. The number of piperidine rings is 1. The van der Waals surface area contributed by atoms with Crippen LogP contribution in [0.4, 0.5) is 0 Å². The third kappa shape index (κ3) is 6.38. The summed E-state index contributed by atoms with van der Waals surface area (Å²) in [5, 5.41) is 4.84. The molecule has 3 rings (SSSR count). The molecule has 1 fully saturated rings. The summed E-state index contributed by atoms with van der Waals surface area (Å²) >= 11 is 1.48. The van der Waals surface area contributed by atoms with Crippen LogP contribution in [0.25, 0.3) is 0 Å². The van der Waals surface area contributed by atoms with Gasteiger partial charge in [0.05, 0.1) is 10.8 Å². The van der Waals surface area contributed by atoms with Crippen LogP contribution < -0.4 is 10.0 Å². The van der Waals surface area contributed by atoms with E-state index >= 15 is 0 Å². The third-order valence-corrected chi connectivity index (χ3v) is 7.63. The lowest BCUT2D eigenvalue weighted by molar-refractivity contribution is -0.126. The van der Waals surface area contributed by atoms with Crippen LogP contribution in [0, 0.1) is 5.92 Å². The maximum atomic E-state index is 12.9. The van der Waals surface area contributed by atoms with Gasteiger partial charge in [0, 0.05) is 36.6 Å². The number of carbonyl (C=O) groups excluding carboxylic acids is 2. The number of amides is 2. The zero-order chi connectivity index (χ0) is 22.3. The highest BCUT2D eigenvalue weighted by Crippen LogP contribution is 2.20. The molecule has 1 saturated heterocycles. The maximum Gasteiger partial charge on any atom is 0.253 e. The molecule has 2 aromatic rings. The van der Waals surface area contributed by atoms with E-state index in [1.165, 1.54) is 35.6 Å². The van der Waals surface area contributed by atoms with Gasteiger partial charge < -0.3 is 10.2 Å². The van der Waals surface area contributed by atoms with Gasteiger partial charge in [0.25, 0.3) is 5.91 Å². The van der Waals surface area contributed by atoms with E-state index in [-0.39, 0.29) is 29.2 Å². The number of rotatable bonds is 9. The van der Waals surface area contributed by atoms with Gasteiger partial charge in [-0.3, -0.25) is 9.59 Å². The zero-order valence-electron chi connectivity index (χ0n) is 17.7. The van der Waals surface area contributed by atoms with Gasteiger partial charge in [-0.25, -0.2) is 13.1 Å². The van der Waals surface area contributed by atoms with Gasteiger partial charge in [0.2, 0.25) is 15.9 Å². The molecule has 1 aromatic heterocycles. The number of sulfonamides is 1. The fraction of sp³-hybridized carbons (Fsp3) is 0.455. The van der Waals surface area contributed by atoms with Crippen LogP contribution in [0.5, 0.6) is 0 Å². The number of hydrogen-bond acceptors (Lipinski definition) is 5. The molecule has 2 amide bonds. The van der Waals surface area contributed by atoms with Gasteiger partial charge in [0.1, 0.15) is 0 Å². The van der Waals surface area contributed by atoms with Crippen molar-refractivity contribution in [2.45, 2.75) is 44.0 Å². The summed E-state index contributed by atoms with van der Waals surface area (Å²) < 4.78 is 27.6. The fourth-order valence-electron chi connectivity index (χ4n) is 3.53. The van der Waals surface area contributed by atoms with Crippen LogP contribution >= 0.6 is 11.3 Å². The van der Waals surface area contributed by atoms with Crippen molar-refractivity contribution in [3.05, 3.63) is 52.2 Å². The SMILES string of the molecule is CCCCNC(=O)C1CCCN(C(=O)c2ccc(S(=O)(=O)NCc3cccs3)cc2)C1. The molecule has 31 heavy (non-hydrogen) atoms. The Hall–Kier alpha value is -2.23. The molecule has 1 aliphatic heterocycles. The highest BCUT2D eigenvalue weighted by molar-refractivity contribution is 7.89. The number of carbonyl (C=O) groups is 2. The molecule has 0 saturated carbocycles. The van der Waals surface area contributed by atoms with Crippen molar-refractivity contribution in [3.8, 4) is 0 Å². The average Bonchev–Trinajstić information content (AvgIpc) is 3.31. The molecular formula is C22H29N3O4S2. The number of nitrogens with one attached hydrogen (secondary N) is 2. The van der Waals surface area contributed by atoms with Crippen molar-refractivity contribution >= 4 is 33.2 Å². The van der Waals surface area contributed by atoms with Crippen LogP contribution in [0.2, 0.25) is 0 Å². The van der Waals surface area contributed by atoms with E-state index in [4.69, 9.17) is 0 Å². The van der Waals surface area contributed by atoms with Gasteiger partial charge in [-0.15, -0.1) is 11.3 Å². The van der Waals surface area contributed by atoms with Crippen molar-refractivity contribution < 1.29 is 18.0 Å². The van der Waals surface area contributed by atoms with E-state index in [9.17, 15) is 18.0 Å². The van der Waals surface area contributed by atoms with Crippen LogP contribution in [-0.2, 0) is 21.4 Å². The number of unbranched alkanes of at least 4 members (excludes halogenated alkanes) is 1. The molecule has 7 nitrogen and oxygen atoms in total. The van der Waals surface area contributed by atoms with Gasteiger partial charge in [-0.05, 0) is 55.0 Å². The van der Waals surface area contributed by atoms with Crippen molar-refractivity contribution in [1.29, 1.82) is 0 Å². The Balaban J connectivity index is 1.59. The Morgan fingerprint density at radius 2 is 1.97 bits per heavy atom. The van der Waals surface area contributed by atoms with Gasteiger partial charge >= 0.3 is 0 Å². The first-order valence-electron chi connectivity index (χ1n) is 10.6. The Morgan fingerprint density at radius 3 is 2.65 bits per heavy atom. The Labute approximate surface area is 187 Å². The second-order valence-electron chi connectivity index (χ2n) is 7.66. The molecule has 0 spiro atoms. The van der Waals surface area contributed by atoms with Gasteiger partial charge in [0.15, 0.2) is 0 Å². The van der Waals surface area contributed by atoms with Gasteiger partial charge in [-0.2, -0.15) is 0 Å². The van der Waals surface area contributed by atoms with E-state index in [1.807, 2.05) is 17.5 Å². The summed E-state index contributed by atoms with van der Waals surface area (Å²) in [6.45, 7) is 3.95. The maximum absolute atomic E-state index is 12.9. The minimum absolute atomic E-state index is 0.00389. The second-order valence-corrected chi connectivity index (χ2v) is 10.5. The molecule has 1 aromatic carbocycles. The first-order valence-corrected chi connectivity index (χ1v) is 13.0. The number of nitrogens with zero attached hydrogens (tertiary/aromatic N) is 1. The summed E-state index contributed by atoms with van der Waals surface area (Å²) in [5.41, 5.74) is 0.421. The molecule has 1 atom stereocenters. The zero-order valence-corrected chi connectivity index (χ0v) is 19.3.